The van der Waals surface area contributed by atoms with Gasteiger partial charge in [-0.1, -0.05) is 0 Å². The fourth-order valence-corrected chi connectivity index (χ4v) is 2.10. The predicted octanol–water partition coefficient (Wildman–Crippen LogP) is 0.467. The lowest BCUT2D eigenvalue weighted by atomic mass is 10.2. The lowest BCUT2D eigenvalue weighted by molar-refractivity contribution is 0.237. The van der Waals surface area contributed by atoms with E-state index in [2.05, 4.69) is 32.7 Å². The van der Waals surface area contributed by atoms with E-state index in [1.807, 2.05) is 12.4 Å². The van der Waals surface area contributed by atoms with Gasteiger partial charge in [0.05, 0.1) is 0 Å². The van der Waals surface area contributed by atoms with Crippen LogP contribution in [0.3, 0.4) is 0 Å². The first-order valence-electron chi connectivity index (χ1n) is 6.48. The number of piperazine rings is 1. The van der Waals surface area contributed by atoms with E-state index in [1.165, 1.54) is 31.6 Å². The Bertz CT molecular complexity index is 296. The van der Waals surface area contributed by atoms with Gasteiger partial charge in [-0.3, -0.25) is 4.98 Å². The summed E-state index contributed by atoms with van der Waals surface area (Å²) in [6, 6.07) is 4.12. The van der Waals surface area contributed by atoms with Crippen LogP contribution in [0.5, 0.6) is 0 Å². The van der Waals surface area contributed by atoms with Gasteiger partial charge in [-0.15, -0.1) is 0 Å². The van der Waals surface area contributed by atoms with E-state index in [0.717, 1.165) is 26.2 Å². The number of pyridine rings is 1. The van der Waals surface area contributed by atoms with E-state index in [9.17, 15) is 0 Å². The highest BCUT2D eigenvalue weighted by molar-refractivity contribution is 5.08. The quantitative estimate of drug-likeness (QED) is 0.702. The van der Waals surface area contributed by atoms with Crippen molar-refractivity contribution in [3.63, 3.8) is 0 Å². The molecule has 4 nitrogen and oxygen atoms in total. The van der Waals surface area contributed by atoms with Crippen LogP contribution in [0.1, 0.15) is 12.0 Å². The second-order valence-electron chi connectivity index (χ2n) is 4.48. The van der Waals surface area contributed by atoms with Crippen molar-refractivity contribution in [3.05, 3.63) is 30.1 Å². The molecule has 0 atom stereocenters. The second-order valence-corrected chi connectivity index (χ2v) is 4.48. The van der Waals surface area contributed by atoms with E-state index in [1.54, 1.807) is 0 Å². The van der Waals surface area contributed by atoms with Gasteiger partial charge in [-0.05, 0) is 37.2 Å². The first-order valence-corrected chi connectivity index (χ1v) is 6.48. The summed E-state index contributed by atoms with van der Waals surface area (Å²) >= 11 is 0. The number of nitrogens with zero attached hydrogens (tertiary/aromatic N) is 2. The zero-order valence-electron chi connectivity index (χ0n) is 10.4. The van der Waals surface area contributed by atoms with Crippen LogP contribution in [0.4, 0.5) is 0 Å². The summed E-state index contributed by atoms with van der Waals surface area (Å²) in [4.78, 5) is 6.54. The van der Waals surface area contributed by atoms with Crippen LogP contribution in [-0.2, 0) is 6.54 Å². The molecule has 2 heterocycles. The standard InChI is InChI=1S/C13H22N4/c1(9-17-10-7-15-8-11-17)4-16-12-13-2-5-14-6-3-13/h2-3,5-6,15-16H,1,4,7-12H2. The van der Waals surface area contributed by atoms with Crippen LogP contribution >= 0.6 is 0 Å². The Morgan fingerprint density at radius 3 is 2.76 bits per heavy atom. The third-order valence-electron chi connectivity index (χ3n) is 3.12. The molecule has 1 aliphatic rings. The Morgan fingerprint density at radius 1 is 1.24 bits per heavy atom. The van der Waals surface area contributed by atoms with Crippen LogP contribution < -0.4 is 10.6 Å². The van der Waals surface area contributed by atoms with Crippen molar-refractivity contribution >= 4 is 0 Å². The van der Waals surface area contributed by atoms with Gasteiger partial charge < -0.3 is 15.5 Å². The van der Waals surface area contributed by atoms with E-state index in [-0.39, 0.29) is 0 Å². The first-order chi connectivity index (χ1) is 8.45. The fraction of sp³-hybridized carbons (Fsp3) is 0.615. The molecule has 2 N–H and O–H groups in total. The first kappa shape index (κ1) is 12.5. The van der Waals surface area contributed by atoms with Gasteiger partial charge in [0.1, 0.15) is 0 Å². The van der Waals surface area contributed by atoms with Crippen molar-refractivity contribution in [2.24, 2.45) is 0 Å². The van der Waals surface area contributed by atoms with E-state index >= 15 is 0 Å². The van der Waals surface area contributed by atoms with Crippen molar-refractivity contribution in [2.75, 3.05) is 39.3 Å². The highest BCUT2D eigenvalue weighted by Gasteiger charge is 2.07. The molecule has 0 aliphatic carbocycles. The van der Waals surface area contributed by atoms with Gasteiger partial charge in [0.2, 0.25) is 0 Å². The minimum Gasteiger partial charge on any atom is -0.314 e. The second kappa shape index (κ2) is 7.37. The zero-order chi connectivity index (χ0) is 11.8. The number of nitrogens with one attached hydrogen (secondary N) is 2. The highest BCUT2D eigenvalue weighted by atomic mass is 15.2. The molecule has 0 saturated carbocycles. The summed E-state index contributed by atoms with van der Waals surface area (Å²) in [7, 11) is 0. The lowest BCUT2D eigenvalue weighted by Crippen LogP contribution is -2.44. The molecule has 1 aromatic heterocycles. The van der Waals surface area contributed by atoms with Crippen molar-refractivity contribution in [1.82, 2.24) is 20.5 Å². The maximum atomic E-state index is 4.01. The van der Waals surface area contributed by atoms with Gasteiger partial charge in [-0.2, -0.15) is 0 Å². The minimum absolute atomic E-state index is 0.948. The van der Waals surface area contributed by atoms with Gasteiger partial charge in [0, 0.05) is 45.1 Å². The molecular formula is C13H22N4. The number of hydrogen-bond donors (Lipinski definition) is 2. The fourth-order valence-electron chi connectivity index (χ4n) is 2.10. The Labute approximate surface area is 103 Å². The molecule has 94 valence electrons. The summed E-state index contributed by atoms with van der Waals surface area (Å²) in [6.07, 6.45) is 4.92. The van der Waals surface area contributed by atoms with Crippen LogP contribution in [0.25, 0.3) is 0 Å². The molecule has 1 saturated heterocycles. The molecular weight excluding hydrogens is 212 g/mol. The monoisotopic (exact) mass is 234 g/mol. The van der Waals surface area contributed by atoms with Crippen molar-refractivity contribution in [2.45, 2.75) is 13.0 Å². The SMILES string of the molecule is c1cc(CNCCCN2CCNCC2)ccn1. The number of aromatic nitrogens is 1. The highest BCUT2D eigenvalue weighted by Crippen LogP contribution is 1.96. The average molecular weight is 234 g/mol. The predicted molar refractivity (Wildman–Crippen MR) is 69.9 cm³/mol. The smallest absolute Gasteiger partial charge is 0.0271 e. The van der Waals surface area contributed by atoms with Crippen molar-refractivity contribution in [3.8, 4) is 0 Å². The molecule has 0 unspecified atom stereocenters. The average Bonchev–Trinajstić information content (AvgIpc) is 2.41. The van der Waals surface area contributed by atoms with Gasteiger partial charge in [0.25, 0.3) is 0 Å². The Hall–Kier alpha value is -0.970. The van der Waals surface area contributed by atoms with E-state index in [0.29, 0.717) is 0 Å². The lowest BCUT2D eigenvalue weighted by Gasteiger charge is -2.27. The van der Waals surface area contributed by atoms with E-state index < -0.39 is 0 Å². The topological polar surface area (TPSA) is 40.2 Å². The number of rotatable bonds is 6. The summed E-state index contributed by atoms with van der Waals surface area (Å²) in [5.41, 5.74) is 1.31. The molecule has 0 radical (unpaired) electrons. The third-order valence-corrected chi connectivity index (χ3v) is 3.12. The molecule has 1 aliphatic heterocycles. The van der Waals surface area contributed by atoms with Gasteiger partial charge in [-0.25, -0.2) is 0 Å². The van der Waals surface area contributed by atoms with Crippen LogP contribution in [0.2, 0.25) is 0 Å². The minimum atomic E-state index is 0.948. The molecule has 0 spiro atoms. The zero-order valence-corrected chi connectivity index (χ0v) is 10.4. The Balaban J connectivity index is 1.51. The van der Waals surface area contributed by atoms with Crippen molar-refractivity contribution in [1.29, 1.82) is 0 Å². The largest absolute Gasteiger partial charge is 0.314 e. The molecule has 2 rings (SSSR count). The molecule has 0 bridgehead atoms. The Morgan fingerprint density at radius 2 is 2.00 bits per heavy atom. The summed E-state index contributed by atoms with van der Waals surface area (Å²) in [6.45, 7) is 7.94. The van der Waals surface area contributed by atoms with Crippen LogP contribution in [-0.4, -0.2) is 49.2 Å². The number of hydrogen-bond acceptors (Lipinski definition) is 4. The summed E-state index contributed by atoms with van der Waals surface area (Å²) < 4.78 is 0. The molecule has 0 amide bonds. The maximum Gasteiger partial charge on any atom is 0.0271 e. The van der Waals surface area contributed by atoms with Crippen LogP contribution in [0, 0.1) is 0 Å². The molecule has 17 heavy (non-hydrogen) atoms. The third kappa shape index (κ3) is 4.81. The van der Waals surface area contributed by atoms with Crippen molar-refractivity contribution < 1.29 is 0 Å². The summed E-state index contributed by atoms with van der Waals surface area (Å²) in [5, 5.41) is 6.85. The molecule has 1 fully saturated rings. The summed E-state index contributed by atoms with van der Waals surface area (Å²) in [5.74, 6) is 0. The van der Waals surface area contributed by atoms with Crippen LogP contribution in [0.15, 0.2) is 24.5 Å². The van der Waals surface area contributed by atoms with Gasteiger partial charge >= 0.3 is 0 Å². The Kier molecular flexibility index (Phi) is 5.42. The normalized spacial score (nSPS) is 17.2. The maximum absolute atomic E-state index is 4.01. The molecule has 4 heteroatoms. The molecule has 1 aromatic rings. The molecule has 0 aromatic carbocycles. The van der Waals surface area contributed by atoms with E-state index in [4.69, 9.17) is 0 Å². The van der Waals surface area contributed by atoms with Gasteiger partial charge in [0.15, 0.2) is 0 Å².